The number of rotatable bonds is 3. The van der Waals surface area contributed by atoms with Crippen LogP contribution in [0, 0.1) is 0 Å². The van der Waals surface area contributed by atoms with Gasteiger partial charge in [0.2, 0.25) is 0 Å². The Morgan fingerprint density at radius 1 is 1.38 bits per heavy atom. The van der Waals surface area contributed by atoms with Crippen molar-refractivity contribution in [3.63, 3.8) is 0 Å². The van der Waals surface area contributed by atoms with Gasteiger partial charge in [0, 0.05) is 29.8 Å². The van der Waals surface area contributed by atoms with E-state index in [2.05, 4.69) is 0 Å². The predicted octanol–water partition coefficient (Wildman–Crippen LogP) is 0.711. The van der Waals surface area contributed by atoms with E-state index in [0.29, 0.717) is 18.1 Å². The Bertz CT molecular complexity index is 512. The average Bonchev–Trinajstić information content (AvgIpc) is 2.32. The average molecular weight is 338 g/mol. The molecule has 1 fully saturated rings. The van der Waals surface area contributed by atoms with E-state index in [1.54, 1.807) is 20.8 Å². The number of hydrogen-bond donors (Lipinski definition) is 1. The molecule has 0 spiro atoms. The first-order valence-electron chi connectivity index (χ1n) is 6.51. The highest BCUT2D eigenvalue weighted by atomic mass is 32.2. The summed E-state index contributed by atoms with van der Waals surface area (Å²) in [6.45, 7) is 5.02. The predicted molar refractivity (Wildman–Crippen MR) is 82.2 cm³/mol. The molecule has 1 rings (SSSR count). The Kier molecular flexibility index (Phi) is 5.54. The van der Waals surface area contributed by atoms with Crippen molar-refractivity contribution in [2.24, 2.45) is 0 Å². The number of carbonyl (C=O) groups excluding carboxylic acids is 1. The molecule has 2 amide bonds. The molecule has 9 heteroatoms. The number of thioether (sulfide) groups is 1. The van der Waals surface area contributed by atoms with Gasteiger partial charge in [-0.2, -0.15) is 11.8 Å². The zero-order valence-electron chi connectivity index (χ0n) is 12.7. The number of nitrogens with zero attached hydrogens (tertiary/aromatic N) is 2. The summed E-state index contributed by atoms with van der Waals surface area (Å²) in [6, 6.07) is -0.541. The molecule has 0 bridgehead atoms. The largest absolute Gasteiger partial charge is 0.480 e. The van der Waals surface area contributed by atoms with Crippen molar-refractivity contribution in [2.75, 3.05) is 30.9 Å². The van der Waals surface area contributed by atoms with E-state index in [0.717, 1.165) is 6.26 Å². The molecule has 1 atom stereocenters. The molecule has 1 N–H and O–H groups in total. The van der Waals surface area contributed by atoms with E-state index in [-0.39, 0.29) is 0 Å². The summed E-state index contributed by atoms with van der Waals surface area (Å²) in [5.74, 6) is -0.168. The van der Waals surface area contributed by atoms with Crippen LogP contribution in [-0.4, -0.2) is 77.1 Å². The standard InChI is InChI=1S/C12H22N2O5S2/c1-12(2,3)14(7-10(15)16)11(17)13-5-6-20-8-9(13)21(4,18)19/h9H,5-8H2,1-4H3,(H,15,16). The van der Waals surface area contributed by atoms with Crippen LogP contribution >= 0.6 is 11.8 Å². The normalized spacial score (nSPS) is 20.2. The van der Waals surface area contributed by atoms with Crippen molar-refractivity contribution in [3.05, 3.63) is 0 Å². The lowest BCUT2D eigenvalue weighted by atomic mass is 10.1. The summed E-state index contributed by atoms with van der Waals surface area (Å²) in [5, 5.41) is 8.08. The third-order valence-electron chi connectivity index (χ3n) is 3.16. The van der Waals surface area contributed by atoms with Gasteiger partial charge in [-0.05, 0) is 20.8 Å². The van der Waals surface area contributed by atoms with Crippen molar-refractivity contribution in [1.82, 2.24) is 9.80 Å². The summed E-state index contributed by atoms with van der Waals surface area (Å²) >= 11 is 1.48. The Hall–Kier alpha value is -0.960. The molecule has 1 aliphatic rings. The summed E-state index contributed by atoms with van der Waals surface area (Å²) in [6.07, 6.45) is 1.10. The van der Waals surface area contributed by atoms with E-state index in [1.807, 2.05) is 0 Å². The number of carboxylic acids is 1. The second kappa shape index (κ2) is 6.43. The van der Waals surface area contributed by atoms with Crippen molar-refractivity contribution < 1.29 is 23.1 Å². The Labute approximate surface area is 129 Å². The third kappa shape index (κ3) is 4.77. The molecule has 0 aromatic rings. The summed E-state index contributed by atoms with van der Waals surface area (Å²) in [4.78, 5) is 26.1. The van der Waals surface area contributed by atoms with Crippen LogP contribution in [0.15, 0.2) is 0 Å². The van der Waals surface area contributed by atoms with Gasteiger partial charge in [-0.3, -0.25) is 4.79 Å². The minimum atomic E-state index is -3.42. The van der Waals surface area contributed by atoms with Gasteiger partial charge in [-0.25, -0.2) is 13.2 Å². The maximum Gasteiger partial charge on any atom is 0.323 e. The zero-order chi connectivity index (χ0) is 16.4. The van der Waals surface area contributed by atoms with Crippen molar-refractivity contribution >= 4 is 33.6 Å². The number of carboxylic acid groups (broad SMARTS) is 1. The lowest BCUT2D eigenvalue weighted by Crippen LogP contribution is -2.59. The Morgan fingerprint density at radius 2 is 1.95 bits per heavy atom. The highest BCUT2D eigenvalue weighted by Gasteiger charge is 2.39. The first-order valence-corrected chi connectivity index (χ1v) is 9.62. The summed E-state index contributed by atoms with van der Waals surface area (Å²) in [7, 11) is -3.42. The molecule has 0 aliphatic carbocycles. The minimum absolute atomic E-state index is 0.299. The fourth-order valence-electron chi connectivity index (χ4n) is 2.04. The third-order valence-corrected chi connectivity index (χ3v) is 5.80. The van der Waals surface area contributed by atoms with Gasteiger partial charge in [0.05, 0.1) is 0 Å². The zero-order valence-corrected chi connectivity index (χ0v) is 14.3. The number of sulfone groups is 1. The Balaban J connectivity index is 3.08. The number of urea groups is 1. The molecule has 7 nitrogen and oxygen atoms in total. The summed E-state index contributed by atoms with van der Waals surface area (Å²) < 4.78 is 23.7. The van der Waals surface area contributed by atoms with Gasteiger partial charge < -0.3 is 14.9 Å². The molecule has 0 radical (unpaired) electrons. The topological polar surface area (TPSA) is 95.0 Å². The van der Waals surface area contributed by atoms with E-state index < -0.39 is 39.3 Å². The smallest absolute Gasteiger partial charge is 0.323 e. The molecule has 0 aromatic heterocycles. The summed E-state index contributed by atoms with van der Waals surface area (Å²) in [5.41, 5.74) is -0.706. The van der Waals surface area contributed by atoms with Crippen LogP contribution in [-0.2, 0) is 14.6 Å². The SMILES string of the molecule is CC(C)(C)N(CC(=O)O)C(=O)N1CCSCC1S(C)(=O)=O. The van der Waals surface area contributed by atoms with Gasteiger partial charge in [-0.15, -0.1) is 0 Å². The lowest BCUT2D eigenvalue weighted by molar-refractivity contribution is -0.138. The van der Waals surface area contributed by atoms with Crippen LogP contribution < -0.4 is 0 Å². The molecule has 1 unspecified atom stereocenters. The number of aliphatic carboxylic acids is 1. The highest BCUT2D eigenvalue weighted by molar-refractivity contribution is 8.00. The number of carbonyl (C=O) groups is 2. The molecule has 1 heterocycles. The molecule has 1 aliphatic heterocycles. The van der Waals surface area contributed by atoms with Crippen LogP contribution in [0.3, 0.4) is 0 Å². The first kappa shape index (κ1) is 18.1. The molecular weight excluding hydrogens is 316 g/mol. The van der Waals surface area contributed by atoms with E-state index in [9.17, 15) is 18.0 Å². The monoisotopic (exact) mass is 338 g/mol. The quantitative estimate of drug-likeness (QED) is 0.814. The van der Waals surface area contributed by atoms with Gasteiger partial charge in [0.25, 0.3) is 0 Å². The molecular formula is C12H22N2O5S2. The second-order valence-electron chi connectivity index (χ2n) is 5.99. The van der Waals surface area contributed by atoms with Crippen molar-refractivity contribution in [2.45, 2.75) is 31.7 Å². The second-order valence-corrected chi connectivity index (χ2v) is 9.34. The van der Waals surface area contributed by atoms with Gasteiger partial charge in [0.1, 0.15) is 11.9 Å². The van der Waals surface area contributed by atoms with E-state index in [4.69, 9.17) is 5.11 Å². The molecule has 0 aromatic carbocycles. The van der Waals surface area contributed by atoms with E-state index >= 15 is 0 Å². The molecule has 21 heavy (non-hydrogen) atoms. The number of amides is 2. The van der Waals surface area contributed by atoms with E-state index in [1.165, 1.54) is 21.6 Å². The van der Waals surface area contributed by atoms with Crippen LogP contribution in [0.5, 0.6) is 0 Å². The number of hydrogen-bond acceptors (Lipinski definition) is 5. The fraction of sp³-hybridized carbons (Fsp3) is 0.833. The molecule has 1 saturated heterocycles. The maximum atomic E-state index is 12.7. The van der Waals surface area contributed by atoms with Crippen molar-refractivity contribution in [1.29, 1.82) is 0 Å². The lowest BCUT2D eigenvalue weighted by Gasteiger charge is -2.42. The van der Waals surface area contributed by atoms with Gasteiger partial charge >= 0.3 is 12.0 Å². The van der Waals surface area contributed by atoms with Gasteiger partial charge in [-0.1, -0.05) is 0 Å². The van der Waals surface area contributed by atoms with Crippen LogP contribution in [0.1, 0.15) is 20.8 Å². The van der Waals surface area contributed by atoms with Crippen LogP contribution in [0.4, 0.5) is 4.79 Å². The van der Waals surface area contributed by atoms with Crippen LogP contribution in [0.25, 0.3) is 0 Å². The maximum absolute atomic E-state index is 12.7. The minimum Gasteiger partial charge on any atom is -0.480 e. The molecule has 122 valence electrons. The molecule has 0 saturated carbocycles. The first-order chi connectivity index (χ1) is 9.44. The Morgan fingerprint density at radius 3 is 2.38 bits per heavy atom. The fourth-order valence-corrected chi connectivity index (χ4v) is 4.85. The highest BCUT2D eigenvalue weighted by Crippen LogP contribution is 2.24. The van der Waals surface area contributed by atoms with Crippen LogP contribution in [0.2, 0.25) is 0 Å². The van der Waals surface area contributed by atoms with Crippen molar-refractivity contribution in [3.8, 4) is 0 Å². The van der Waals surface area contributed by atoms with Gasteiger partial charge in [0.15, 0.2) is 9.84 Å².